The van der Waals surface area contributed by atoms with E-state index >= 15 is 0 Å². The van der Waals surface area contributed by atoms with Crippen molar-refractivity contribution in [3.05, 3.63) is 0 Å². The van der Waals surface area contributed by atoms with Crippen LogP contribution in [0.2, 0.25) is 0 Å². The maximum atomic E-state index is 11.9. The lowest BCUT2D eigenvalue weighted by atomic mass is 10.2. The van der Waals surface area contributed by atoms with Gasteiger partial charge in [0.25, 0.3) is 0 Å². The largest absolute Gasteiger partial charge is 0.480 e. The summed E-state index contributed by atoms with van der Waals surface area (Å²) in [5.74, 6) is -2.70. The number of ether oxygens (including phenoxy) is 2. The van der Waals surface area contributed by atoms with E-state index in [4.69, 9.17) is 5.11 Å². The number of amides is 2. The minimum Gasteiger partial charge on any atom is -0.480 e. The van der Waals surface area contributed by atoms with Crippen molar-refractivity contribution in [1.29, 1.82) is 0 Å². The fourth-order valence-electron chi connectivity index (χ4n) is 1.22. The Bertz CT molecular complexity index is 365. The number of aliphatic carboxylic acids is 1. The van der Waals surface area contributed by atoms with Crippen molar-refractivity contribution in [2.45, 2.75) is 19.4 Å². The smallest absolute Gasteiger partial charge is 0.326 e. The van der Waals surface area contributed by atoms with Crippen LogP contribution in [0.1, 0.15) is 13.3 Å². The van der Waals surface area contributed by atoms with Crippen molar-refractivity contribution in [2.24, 2.45) is 0 Å². The number of esters is 2. The number of methoxy groups -OCH3 is 2. The Kier molecular flexibility index (Phi) is 7.71. The van der Waals surface area contributed by atoms with Crippen LogP contribution in [0.25, 0.3) is 0 Å². The minimum absolute atomic E-state index is 0.158. The zero-order valence-electron chi connectivity index (χ0n) is 11.5. The lowest BCUT2D eigenvalue weighted by molar-refractivity contribution is -0.144. The molecule has 0 radical (unpaired) electrons. The van der Waals surface area contributed by atoms with Gasteiger partial charge in [0.05, 0.1) is 14.2 Å². The molecule has 114 valence electrons. The van der Waals surface area contributed by atoms with Gasteiger partial charge in [0.15, 0.2) is 0 Å². The SMILES string of the molecule is CC[C@@H](NC(=O)N(CC(=O)OC)CC(=O)OC)C(=O)O. The van der Waals surface area contributed by atoms with E-state index in [1.165, 1.54) is 0 Å². The number of rotatable bonds is 7. The lowest BCUT2D eigenvalue weighted by Gasteiger charge is -2.22. The molecule has 0 unspecified atom stereocenters. The van der Waals surface area contributed by atoms with E-state index in [9.17, 15) is 19.2 Å². The molecule has 9 nitrogen and oxygen atoms in total. The van der Waals surface area contributed by atoms with Crippen molar-refractivity contribution in [1.82, 2.24) is 10.2 Å². The van der Waals surface area contributed by atoms with Crippen LogP contribution in [0.4, 0.5) is 4.79 Å². The van der Waals surface area contributed by atoms with Gasteiger partial charge in [-0.1, -0.05) is 6.92 Å². The van der Waals surface area contributed by atoms with Gasteiger partial charge in [-0.05, 0) is 6.42 Å². The van der Waals surface area contributed by atoms with E-state index in [0.29, 0.717) is 0 Å². The topological polar surface area (TPSA) is 122 Å². The summed E-state index contributed by atoms with van der Waals surface area (Å²) in [6.07, 6.45) is 0.158. The minimum atomic E-state index is -1.21. The molecule has 1 atom stereocenters. The molecule has 0 bridgehead atoms. The molecule has 0 spiro atoms. The zero-order valence-corrected chi connectivity index (χ0v) is 11.5. The van der Waals surface area contributed by atoms with Gasteiger partial charge in [0.1, 0.15) is 19.1 Å². The fraction of sp³-hybridized carbons (Fsp3) is 0.636. The van der Waals surface area contributed by atoms with Crippen molar-refractivity contribution in [3.63, 3.8) is 0 Å². The summed E-state index contributed by atoms with van der Waals surface area (Å²) in [4.78, 5) is 45.8. The van der Waals surface area contributed by atoms with E-state index in [-0.39, 0.29) is 6.42 Å². The summed E-state index contributed by atoms with van der Waals surface area (Å²) in [5, 5.41) is 11.0. The van der Waals surface area contributed by atoms with E-state index in [1.807, 2.05) is 0 Å². The molecular formula is C11H18N2O7. The van der Waals surface area contributed by atoms with Gasteiger partial charge in [0.2, 0.25) is 0 Å². The molecule has 2 amide bonds. The molecule has 0 rings (SSSR count). The van der Waals surface area contributed by atoms with Crippen molar-refractivity contribution in [2.75, 3.05) is 27.3 Å². The Morgan fingerprint density at radius 2 is 1.55 bits per heavy atom. The van der Waals surface area contributed by atoms with E-state index in [1.54, 1.807) is 6.92 Å². The third kappa shape index (κ3) is 6.03. The van der Waals surface area contributed by atoms with Crippen molar-refractivity contribution in [3.8, 4) is 0 Å². The van der Waals surface area contributed by atoms with Crippen LogP contribution in [0, 0.1) is 0 Å². The first-order valence-electron chi connectivity index (χ1n) is 5.77. The summed E-state index contributed by atoms with van der Waals surface area (Å²) in [6.45, 7) is 0.588. The molecule has 0 aliphatic rings. The highest BCUT2D eigenvalue weighted by atomic mass is 16.5. The molecule has 0 heterocycles. The maximum Gasteiger partial charge on any atom is 0.326 e. The zero-order chi connectivity index (χ0) is 15.7. The number of hydrogen-bond donors (Lipinski definition) is 2. The molecule has 9 heteroatoms. The van der Waals surface area contributed by atoms with E-state index in [0.717, 1.165) is 19.1 Å². The second kappa shape index (κ2) is 8.73. The van der Waals surface area contributed by atoms with Crippen molar-refractivity contribution < 1.29 is 33.8 Å². The Morgan fingerprint density at radius 1 is 1.10 bits per heavy atom. The number of carbonyl (C=O) groups is 4. The molecule has 0 fully saturated rings. The number of hydrogen-bond acceptors (Lipinski definition) is 6. The summed E-state index contributed by atoms with van der Waals surface area (Å²) in [5.41, 5.74) is 0. The normalized spacial score (nSPS) is 11.2. The molecule has 0 aromatic heterocycles. The van der Waals surface area contributed by atoms with Gasteiger partial charge in [0, 0.05) is 0 Å². The molecule has 0 saturated heterocycles. The standard InChI is InChI=1S/C11H18N2O7/c1-4-7(10(16)17)12-11(18)13(5-8(14)19-2)6-9(15)20-3/h7H,4-6H2,1-3H3,(H,12,18)(H,16,17)/t7-/m1/s1. The van der Waals surface area contributed by atoms with Gasteiger partial charge in [-0.2, -0.15) is 0 Å². The molecule has 0 aliphatic heterocycles. The fourth-order valence-corrected chi connectivity index (χ4v) is 1.22. The Morgan fingerprint density at radius 3 is 1.85 bits per heavy atom. The highest BCUT2D eigenvalue weighted by Crippen LogP contribution is 1.97. The Balaban J connectivity index is 4.81. The summed E-state index contributed by atoms with van der Waals surface area (Å²) < 4.78 is 8.79. The number of nitrogens with zero attached hydrogens (tertiary/aromatic N) is 1. The van der Waals surface area contributed by atoms with Gasteiger partial charge in [-0.25, -0.2) is 9.59 Å². The summed E-state index contributed by atoms with van der Waals surface area (Å²) in [7, 11) is 2.26. The first-order valence-corrected chi connectivity index (χ1v) is 5.77. The molecule has 0 aliphatic carbocycles. The number of nitrogens with one attached hydrogen (secondary N) is 1. The highest BCUT2D eigenvalue weighted by molar-refractivity contribution is 5.87. The summed E-state index contributed by atoms with van der Waals surface area (Å²) >= 11 is 0. The first kappa shape index (κ1) is 17.7. The van der Waals surface area contributed by atoms with Crippen LogP contribution >= 0.6 is 0 Å². The third-order valence-corrected chi connectivity index (χ3v) is 2.39. The molecule has 2 N–H and O–H groups in total. The van der Waals surface area contributed by atoms with Crippen LogP contribution in [0.3, 0.4) is 0 Å². The predicted molar refractivity (Wildman–Crippen MR) is 65.9 cm³/mol. The summed E-state index contributed by atoms with van der Waals surface area (Å²) in [6, 6.07) is -1.98. The predicted octanol–water partition coefficient (Wildman–Crippen LogP) is -0.793. The molecule has 0 saturated carbocycles. The maximum absolute atomic E-state index is 11.9. The average molecular weight is 290 g/mol. The van der Waals surface area contributed by atoms with Crippen LogP contribution in [-0.2, 0) is 23.9 Å². The third-order valence-electron chi connectivity index (χ3n) is 2.39. The number of carbonyl (C=O) groups excluding carboxylic acids is 3. The Hall–Kier alpha value is -2.32. The number of carboxylic acid groups (broad SMARTS) is 1. The van der Waals surface area contributed by atoms with E-state index in [2.05, 4.69) is 14.8 Å². The monoisotopic (exact) mass is 290 g/mol. The molecule has 0 aromatic rings. The molecular weight excluding hydrogens is 272 g/mol. The molecule has 20 heavy (non-hydrogen) atoms. The van der Waals surface area contributed by atoms with Gasteiger partial charge >= 0.3 is 23.9 Å². The van der Waals surface area contributed by atoms with Crippen molar-refractivity contribution >= 4 is 23.9 Å². The number of carboxylic acids is 1. The van der Waals surface area contributed by atoms with Gasteiger partial charge in [-0.15, -0.1) is 0 Å². The highest BCUT2D eigenvalue weighted by Gasteiger charge is 2.25. The van der Waals surface area contributed by atoms with Gasteiger partial charge in [-0.3, -0.25) is 9.59 Å². The van der Waals surface area contributed by atoms with Crippen LogP contribution in [0.5, 0.6) is 0 Å². The van der Waals surface area contributed by atoms with Crippen LogP contribution in [-0.4, -0.2) is 67.3 Å². The second-order valence-electron chi connectivity index (χ2n) is 3.76. The average Bonchev–Trinajstić information content (AvgIpc) is 2.42. The van der Waals surface area contributed by atoms with Crippen LogP contribution in [0.15, 0.2) is 0 Å². The van der Waals surface area contributed by atoms with Crippen LogP contribution < -0.4 is 5.32 Å². The number of urea groups is 1. The first-order chi connectivity index (χ1) is 9.35. The van der Waals surface area contributed by atoms with Gasteiger partial charge < -0.3 is 24.8 Å². The lowest BCUT2D eigenvalue weighted by Crippen LogP contribution is -2.50. The quantitative estimate of drug-likeness (QED) is 0.589. The second-order valence-corrected chi connectivity index (χ2v) is 3.76. The van der Waals surface area contributed by atoms with E-state index < -0.39 is 43.1 Å². The molecule has 0 aromatic carbocycles. The Labute approximate surface area is 115 Å².